The summed E-state index contributed by atoms with van der Waals surface area (Å²) < 4.78 is 10.7. The summed E-state index contributed by atoms with van der Waals surface area (Å²) in [5.41, 5.74) is 5.22. The Bertz CT molecular complexity index is 1120. The van der Waals surface area contributed by atoms with Gasteiger partial charge >= 0.3 is 0 Å². The van der Waals surface area contributed by atoms with Crippen molar-refractivity contribution in [1.29, 1.82) is 0 Å². The molecule has 0 saturated carbocycles. The second-order valence-electron chi connectivity index (χ2n) is 9.19. The van der Waals surface area contributed by atoms with Crippen molar-refractivity contribution in [3.05, 3.63) is 76.9 Å². The maximum absolute atomic E-state index is 12.7. The Balaban J connectivity index is 1.29. The summed E-state index contributed by atoms with van der Waals surface area (Å²) in [4.78, 5) is 27.3. The van der Waals surface area contributed by atoms with Crippen LogP contribution in [0.5, 0.6) is 0 Å². The van der Waals surface area contributed by atoms with Gasteiger partial charge < -0.3 is 14.8 Å². The summed E-state index contributed by atoms with van der Waals surface area (Å²) >= 11 is 0. The van der Waals surface area contributed by atoms with Crippen molar-refractivity contribution in [1.82, 2.24) is 15.7 Å². The van der Waals surface area contributed by atoms with Gasteiger partial charge in [0.1, 0.15) is 6.04 Å². The van der Waals surface area contributed by atoms with Crippen molar-refractivity contribution < 1.29 is 24.3 Å². The third-order valence-electron chi connectivity index (χ3n) is 6.63. The molecule has 2 saturated heterocycles. The zero-order valence-electron chi connectivity index (χ0n) is 20.8. The molecule has 0 aliphatic carbocycles. The third-order valence-corrected chi connectivity index (χ3v) is 6.63. The van der Waals surface area contributed by atoms with E-state index in [9.17, 15) is 9.59 Å². The maximum Gasteiger partial charge on any atom is 0.266 e. The number of hydrogen-bond donors (Lipinski definition) is 3. The highest BCUT2D eigenvalue weighted by Crippen LogP contribution is 2.20. The lowest BCUT2D eigenvalue weighted by Gasteiger charge is -2.29. The van der Waals surface area contributed by atoms with Gasteiger partial charge in [0.05, 0.1) is 13.2 Å². The first-order chi connectivity index (χ1) is 18.1. The van der Waals surface area contributed by atoms with Crippen molar-refractivity contribution >= 4 is 17.9 Å². The molecule has 8 nitrogen and oxygen atoms in total. The van der Waals surface area contributed by atoms with Gasteiger partial charge in [0, 0.05) is 44.0 Å². The number of amides is 2. The SMILES string of the molecule is O=C(N[C@H](C(=O)NO)C1CCOCC1)c1ccc(/C=C/C#Cc2ccc(CN3CCOCC3)cc2)cc1. The summed E-state index contributed by atoms with van der Waals surface area (Å²) in [5, 5.41) is 11.9. The van der Waals surface area contributed by atoms with E-state index in [1.54, 1.807) is 23.7 Å². The maximum atomic E-state index is 12.7. The molecule has 0 aromatic heterocycles. The van der Waals surface area contributed by atoms with Crippen LogP contribution in [-0.2, 0) is 20.8 Å². The largest absolute Gasteiger partial charge is 0.381 e. The van der Waals surface area contributed by atoms with Gasteiger partial charge in [-0.05, 0) is 66.3 Å². The fraction of sp³-hybridized carbons (Fsp3) is 0.379. The molecule has 2 aliphatic rings. The molecule has 1 atom stereocenters. The lowest BCUT2D eigenvalue weighted by molar-refractivity contribution is -0.133. The van der Waals surface area contributed by atoms with Crippen LogP contribution in [0.15, 0.2) is 54.6 Å². The monoisotopic (exact) mass is 503 g/mol. The van der Waals surface area contributed by atoms with E-state index in [0.29, 0.717) is 31.6 Å². The first-order valence-electron chi connectivity index (χ1n) is 12.6. The molecule has 3 N–H and O–H groups in total. The van der Waals surface area contributed by atoms with Crippen LogP contribution in [0.2, 0.25) is 0 Å². The summed E-state index contributed by atoms with van der Waals surface area (Å²) in [6.45, 7) is 5.51. The molecule has 2 aromatic rings. The number of hydroxylamine groups is 1. The van der Waals surface area contributed by atoms with E-state index in [4.69, 9.17) is 14.7 Å². The van der Waals surface area contributed by atoms with Gasteiger partial charge in [-0.15, -0.1) is 0 Å². The van der Waals surface area contributed by atoms with Gasteiger partial charge in [0.2, 0.25) is 0 Å². The number of morpholine rings is 1. The molecule has 8 heteroatoms. The first kappa shape index (κ1) is 26.6. The van der Waals surface area contributed by atoms with Gasteiger partial charge in [-0.25, -0.2) is 5.48 Å². The highest BCUT2D eigenvalue weighted by atomic mass is 16.5. The predicted octanol–water partition coefficient (Wildman–Crippen LogP) is 2.61. The third kappa shape index (κ3) is 8.00. The zero-order valence-corrected chi connectivity index (χ0v) is 20.8. The van der Waals surface area contributed by atoms with Crippen LogP contribution in [0.1, 0.15) is 39.9 Å². The molecule has 4 rings (SSSR count). The number of carbonyl (C=O) groups is 2. The zero-order chi connectivity index (χ0) is 25.9. The number of nitrogens with zero attached hydrogens (tertiary/aromatic N) is 1. The minimum Gasteiger partial charge on any atom is -0.381 e. The Hall–Kier alpha value is -3.48. The number of nitrogens with one attached hydrogen (secondary N) is 2. The molecule has 0 spiro atoms. The summed E-state index contributed by atoms with van der Waals surface area (Å²) in [6.07, 6.45) is 4.94. The average Bonchev–Trinajstić information content (AvgIpc) is 2.95. The average molecular weight is 504 g/mol. The van der Waals surface area contributed by atoms with Gasteiger partial charge in [0.15, 0.2) is 0 Å². The number of carbonyl (C=O) groups excluding carboxylic acids is 2. The predicted molar refractivity (Wildman–Crippen MR) is 140 cm³/mol. The van der Waals surface area contributed by atoms with E-state index in [2.05, 4.69) is 34.2 Å². The highest BCUT2D eigenvalue weighted by molar-refractivity contribution is 5.97. The van der Waals surface area contributed by atoms with Crippen LogP contribution < -0.4 is 10.8 Å². The van der Waals surface area contributed by atoms with E-state index in [1.807, 2.05) is 30.3 Å². The van der Waals surface area contributed by atoms with Crippen LogP contribution in [0.4, 0.5) is 0 Å². The van der Waals surface area contributed by atoms with Crippen LogP contribution in [0.3, 0.4) is 0 Å². The molecule has 0 unspecified atom stereocenters. The van der Waals surface area contributed by atoms with Crippen LogP contribution in [0.25, 0.3) is 6.08 Å². The molecule has 0 bridgehead atoms. The fourth-order valence-electron chi connectivity index (χ4n) is 4.46. The Morgan fingerprint density at radius 2 is 1.68 bits per heavy atom. The van der Waals surface area contributed by atoms with Gasteiger partial charge in [-0.1, -0.05) is 36.1 Å². The van der Waals surface area contributed by atoms with Crippen LogP contribution in [0, 0.1) is 17.8 Å². The standard InChI is InChI=1S/C29H33N3O5/c33-28(30-27(29(34)31-35)25-13-17-36-18-14-25)26-11-9-23(10-12-26)4-2-1-3-22-5-7-24(8-6-22)21-32-15-19-37-20-16-32/h2,4-12,25,27,35H,13-21H2,(H,30,33)(H,31,34)/b4-2+/t27-/m0/s1. The summed E-state index contributed by atoms with van der Waals surface area (Å²) in [6, 6.07) is 14.5. The molecule has 37 heavy (non-hydrogen) atoms. The van der Waals surface area contributed by atoms with E-state index in [0.717, 1.165) is 44.0 Å². The van der Waals surface area contributed by atoms with Gasteiger partial charge in [-0.2, -0.15) is 0 Å². The van der Waals surface area contributed by atoms with Gasteiger partial charge in [-0.3, -0.25) is 19.7 Å². The fourth-order valence-corrected chi connectivity index (χ4v) is 4.46. The molecule has 2 aliphatic heterocycles. The number of benzene rings is 2. The molecule has 194 valence electrons. The van der Waals surface area contributed by atoms with E-state index in [1.165, 1.54) is 5.56 Å². The number of hydrogen-bond acceptors (Lipinski definition) is 6. The number of allylic oxidation sites excluding steroid dienone is 1. The lowest BCUT2D eigenvalue weighted by Crippen LogP contribution is -2.51. The Labute approximate surface area is 217 Å². The normalized spacial score (nSPS) is 17.5. The second-order valence-corrected chi connectivity index (χ2v) is 9.19. The van der Waals surface area contributed by atoms with E-state index >= 15 is 0 Å². The quantitative estimate of drug-likeness (QED) is 0.305. The number of ether oxygens (including phenoxy) is 2. The molecular formula is C29H33N3O5. The molecule has 0 radical (unpaired) electrons. The van der Waals surface area contributed by atoms with E-state index in [-0.39, 0.29) is 11.8 Å². The summed E-state index contributed by atoms with van der Waals surface area (Å²) in [7, 11) is 0. The Morgan fingerprint density at radius 1 is 1.00 bits per heavy atom. The highest BCUT2D eigenvalue weighted by Gasteiger charge is 2.31. The molecule has 2 heterocycles. The Kier molecular flexibility index (Phi) is 9.86. The first-order valence-corrected chi connectivity index (χ1v) is 12.6. The van der Waals surface area contributed by atoms with Crippen molar-refractivity contribution in [3.8, 4) is 11.8 Å². The minimum absolute atomic E-state index is 0.0911. The minimum atomic E-state index is -0.815. The van der Waals surface area contributed by atoms with Gasteiger partial charge in [0.25, 0.3) is 11.8 Å². The van der Waals surface area contributed by atoms with E-state index < -0.39 is 11.9 Å². The summed E-state index contributed by atoms with van der Waals surface area (Å²) in [5.74, 6) is 5.12. The van der Waals surface area contributed by atoms with Crippen molar-refractivity contribution in [2.45, 2.75) is 25.4 Å². The number of rotatable bonds is 7. The molecule has 2 fully saturated rings. The second kappa shape index (κ2) is 13.7. The Morgan fingerprint density at radius 3 is 2.35 bits per heavy atom. The van der Waals surface area contributed by atoms with Crippen molar-refractivity contribution in [3.63, 3.8) is 0 Å². The molecule has 2 amide bonds. The van der Waals surface area contributed by atoms with Crippen LogP contribution in [-0.4, -0.2) is 67.5 Å². The lowest BCUT2D eigenvalue weighted by atomic mass is 9.91. The smallest absolute Gasteiger partial charge is 0.266 e. The van der Waals surface area contributed by atoms with Crippen LogP contribution >= 0.6 is 0 Å². The van der Waals surface area contributed by atoms with Crippen molar-refractivity contribution in [2.75, 3.05) is 39.5 Å². The van der Waals surface area contributed by atoms with Crippen molar-refractivity contribution in [2.24, 2.45) is 5.92 Å². The molecular weight excluding hydrogens is 470 g/mol. The topological polar surface area (TPSA) is 100 Å². The molecule has 2 aromatic carbocycles.